The van der Waals surface area contributed by atoms with E-state index in [-0.39, 0.29) is 4.90 Å². The van der Waals surface area contributed by atoms with Crippen LogP contribution in [0.15, 0.2) is 23.1 Å². The Bertz CT molecular complexity index is 426. The number of anilines is 1. The van der Waals surface area contributed by atoms with Gasteiger partial charge in [0.2, 0.25) is 10.0 Å². The van der Waals surface area contributed by atoms with Crippen molar-refractivity contribution in [2.45, 2.75) is 18.2 Å². The molecule has 0 aliphatic heterocycles. The molecule has 1 rings (SSSR count). The highest BCUT2D eigenvalue weighted by atomic mass is 32.2. The summed E-state index contributed by atoms with van der Waals surface area (Å²) in [6.07, 6.45) is 0.797. The number of benzene rings is 1. The zero-order valence-electron chi connectivity index (χ0n) is 8.24. The van der Waals surface area contributed by atoms with Gasteiger partial charge in [0.05, 0.1) is 4.90 Å². The summed E-state index contributed by atoms with van der Waals surface area (Å²) in [5, 5.41) is 0. The Morgan fingerprint density at radius 3 is 2.50 bits per heavy atom. The molecule has 0 radical (unpaired) electrons. The molecule has 0 aliphatic rings. The largest absolute Gasteiger partial charge is 0.398 e. The maximum absolute atomic E-state index is 11.4. The topological polar surface area (TPSA) is 72.2 Å². The minimum atomic E-state index is -3.38. The van der Waals surface area contributed by atoms with E-state index in [0.717, 1.165) is 12.0 Å². The highest BCUT2D eigenvalue weighted by molar-refractivity contribution is 7.89. The van der Waals surface area contributed by atoms with Gasteiger partial charge < -0.3 is 5.73 Å². The maximum Gasteiger partial charge on any atom is 0.240 e. The Hall–Kier alpha value is -1.07. The van der Waals surface area contributed by atoms with E-state index in [1.165, 1.54) is 13.1 Å². The van der Waals surface area contributed by atoms with Crippen molar-refractivity contribution in [1.29, 1.82) is 0 Å². The number of hydrogen-bond donors (Lipinski definition) is 2. The first-order chi connectivity index (χ1) is 6.51. The number of nitrogens with two attached hydrogens (primary N) is 1. The Kier molecular flexibility index (Phi) is 3.13. The SMILES string of the molecule is CCc1ccc(S(=O)(=O)NC)cc1N. The fourth-order valence-corrected chi connectivity index (χ4v) is 1.95. The summed E-state index contributed by atoms with van der Waals surface area (Å²) in [5.74, 6) is 0. The van der Waals surface area contributed by atoms with Crippen molar-refractivity contribution in [3.05, 3.63) is 23.8 Å². The molecule has 0 fully saturated rings. The molecule has 0 unspecified atom stereocenters. The van der Waals surface area contributed by atoms with Crippen molar-refractivity contribution >= 4 is 15.7 Å². The van der Waals surface area contributed by atoms with Gasteiger partial charge >= 0.3 is 0 Å². The second-order valence-electron chi connectivity index (χ2n) is 2.92. The summed E-state index contributed by atoms with van der Waals surface area (Å²) in [6.45, 7) is 1.97. The number of rotatable bonds is 3. The van der Waals surface area contributed by atoms with Gasteiger partial charge in [-0.1, -0.05) is 13.0 Å². The van der Waals surface area contributed by atoms with Gasteiger partial charge in [-0.3, -0.25) is 0 Å². The van der Waals surface area contributed by atoms with Gasteiger partial charge in [-0.15, -0.1) is 0 Å². The van der Waals surface area contributed by atoms with Gasteiger partial charge in [0, 0.05) is 5.69 Å². The van der Waals surface area contributed by atoms with Gasteiger partial charge in [0.1, 0.15) is 0 Å². The van der Waals surface area contributed by atoms with Crippen LogP contribution in [0.1, 0.15) is 12.5 Å². The summed E-state index contributed by atoms with van der Waals surface area (Å²) in [7, 11) is -2.00. The zero-order chi connectivity index (χ0) is 10.8. The molecule has 14 heavy (non-hydrogen) atoms. The third-order valence-electron chi connectivity index (χ3n) is 2.08. The van der Waals surface area contributed by atoms with Crippen LogP contribution in [0.2, 0.25) is 0 Å². The van der Waals surface area contributed by atoms with E-state index in [2.05, 4.69) is 4.72 Å². The second-order valence-corrected chi connectivity index (χ2v) is 4.81. The number of aryl methyl sites for hydroxylation is 1. The van der Waals surface area contributed by atoms with E-state index in [9.17, 15) is 8.42 Å². The molecular formula is C9H14N2O2S. The summed E-state index contributed by atoms with van der Waals surface area (Å²) in [4.78, 5) is 0.203. The Balaban J connectivity index is 3.22. The number of sulfonamides is 1. The summed E-state index contributed by atoms with van der Waals surface area (Å²) in [6, 6.07) is 4.77. The number of nitrogens with one attached hydrogen (secondary N) is 1. The molecule has 5 heteroatoms. The summed E-state index contributed by atoms with van der Waals surface area (Å²) in [5.41, 5.74) is 7.17. The first kappa shape index (κ1) is 11.0. The van der Waals surface area contributed by atoms with Crippen molar-refractivity contribution in [2.75, 3.05) is 12.8 Å². The molecule has 0 aliphatic carbocycles. The Morgan fingerprint density at radius 2 is 2.07 bits per heavy atom. The van der Waals surface area contributed by atoms with Gasteiger partial charge in [-0.2, -0.15) is 0 Å². The van der Waals surface area contributed by atoms with Gasteiger partial charge in [-0.25, -0.2) is 13.1 Å². The van der Waals surface area contributed by atoms with Crippen molar-refractivity contribution in [2.24, 2.45) is 0 Å². The van der Waals surface area contributed by atoms with Crippen LogP contribution in [0.5, 0.6) is 0 Å². The minimum absolute atomic E-state index is 0.203. The van der Waals surface area contributed by atoms with E-state index in [1.54, 1.807) is 12.1 Å². The molecule has 0 saturated carbocycles. The fraction of sp³-hybridized carbons (Fsp3) is 0.333. The average molecular weight is 214 g/mol. The molecule has 78 valence electrons. The lowest BCUT2D eigenvalue weighted by molar-refractivity contribution is 0.588. The van der Waals surface area contributed by atoms with Crippen LogP contribution in [0.25, 0.3) is 0 Å². The first-order valence-corrected chi connectivity index (χ1v) is 5.81. The molecule has 0 bridgehead atoms. The predicted molar refractivity (Wildman–Crippen MR) is 56.5 cm³/mol. The third-order valence-corrected chi connectivity index (χ3v) is 3.49. The highest BCUT2D eigenvalue weighted by Gasteiger charge is 2.11. The van der Waals surface area contributed by atoms with E-state index >= 15 is 0 Å². The quantitative estimate of drug-likeness (QED) is 0.729. The molecule has 0 saturated heterocycles. The normalized spacial score (nSPS) is 11.6. The summed E-state index contributed by atoms with van der Waals surface area (Å²) < 4.78 is 25.0. The maximum atomic E-state index is 11.4. The predicted octanol–water partition coefficient (Wildman–Crippen LogP) is 0.739. The lowest BCUT2D eigenvalue weighted by Gasteiger charge is -2.06. The van der Waals surface area contributed by atoms with Crippen LogP contribution in [-0.2, 0) is 16.4 Å². The molecule has 0 aromatic heterocycles. The van der Waals surface area contributed by atoms with Crippen LogP contribution >= 0.6 is 0 Å². The molecule has 4 nitrogen and oxygen atoms in total. The molecule has 0 heterocycles. The number of nitrogen functional groups attached to an aromatic ring is 1. The van der Waals surface area contributed by atoms with E-state index < -0.39 is 10.0 Å². The zero-order valence-corrected chi connectivity index (χ0v) is 9.06. The van der Waals surface area contributed by atoms with Crippen molar-refractivity contribution < 1.29 is 8.42 Å². The molecule has 0 atom stereocenters. The molecular weight excluding hydrogens is 200 g/mol. The second kappa shape index (κ2) is 3.98. The third kappa shape index (κ3) is 2.05. The van der Waals surface area contributed by atoms with Gasteiger partial charge in [-0.05, 0) is 31.2 Å². The van der Waals surface area contributed by atoms with Crippen molar-refractivity contribution in [3.63, 3.8) is 0 Å². The van der Waals surface area contributed by atoms with Crippen LogP contribution < -0.4 is 10.5 Å². The first-order valence-electron chi connectivity index (χ1n) is 4.33. The van der Waals surface area contributed by atoms with Crippen LogP contribution in [0.3, 0.4) is 0 Å². The molecule has 3 N–H and O–H groups in total. The van der Waals surface area contributed by atoms with Crippen LogP contribution in [-0.4, -0.2) is 15.5 Å². The average Bonchev–Trinajstić information content (AvgIpc) is 2.17. The molecule has 0 spiro atoms. The van der Waals surface area contributed by atoms with Gasteiger partial charge in [0.25, 0.3) is 0 Å². The minimum Gasteiger partial charge on any atom is -0.398 e. The standard InChI is InChI=1S/C9H14N2O2S/c1-3-7-4-5-8(6-9(7)10)14(12,13)11-2/h4-6,11H,3,10H2,1-2H3. The van der Waals surface area contributed by atoms with E-state index in [0.29, 0.717) is 5.69 Å². The van der Waals surface area contributed by atoms with E-state index in [4.69, 9.17) is 5.73 Å². The molecule has 0 amide bonds. The number of hydrogen-bond acceptors (Lipinski definition) is 3. The molecule has 1 aromatic rings. The molecule has 1 aromatic carbocycles. The Morgan fingerprint density at radius 1 is 1.43 bits per heavy atom. The smallest absolute Gasteiger partial charge is 0.240 e. The van der Waals surface area contributed by atoms with Crippen molar-refractivity contribution in [1.82, 2.24) is 4.72 Å². The Labute approximate surface area is 84.2 Å². The lowest BCUT2D eigenvalue weighted by atomic mass is 10.1. The fourth-order valence-electron chi connectivity index (χ4n) is 1.18. The monoisotopic (exact) mass is 214 g/mol. The van der Waals surface area contributed by atoms with Crippen LogP contribution in [0, 0.1) is 0 Å². The van der Waals surface area contributed by atoms with Crippen molar-refractivity contribution in [3.8, 4) is 0 Å². The van der Waals surface area contributed by atoms with E-state index in [1.807, 2.05) is 6.92 Å². The lowest BCUT2D eigenvalue weighted by Crippen LogP contribution is -2.18. The van der Waals surface area contributed by atoms with Crippen LogP contribution in [0.4, 0.5) is 5.69 Å². The van der Waals surface area contributed by atoms with Gasteiger partial charge in [0.15, 0.2) is 0 Å². The highest BCUT2D eigenvalue weighted by Crippen LogP contribution is 2.17. The summed E-state index contributed by atoms with van der Waals surface area (Å²) >= 11 is 0.